The van der Waals surface area contributed by atoms with Gasteiger partial charge in [0, 0.05) is 37.9 Å². The minimum Gasteiger partial charge on any atom is -0.337 e. The van der Waals surface area contributed by atoms with Crippen molar-refractivity contribution in [3.05, 3.63) is 54.4 Å². The molecular weight excluding hydrogens is 309 g/mol. The zero-order chi connectivity index (χ0) is 17.4. The molecule has 1 aromatic carbocycles. The van der Waals surface area contributed by atoms with Crippen LogP contribution in [-0.4, -0.2) is 54.3 Å². The average Bonchev–Trinajstić information content (AvgIpc) is 2.55. The second-order valence-electron chi connectivity index (χ2n) is 5.54. The molecule has 1 heterocycles. The first-order valence-electron chi connectivity index (χ1n) is 7.94. The van der Waals surface area contributed by atoms with Crippen LogP contribution in [-0.2, 0) is 9.59 Å². The van der Waals surface area contributed by atoms with Crippen molar-refractivity contribution in [3.63, 3.8) is 0 Å². The Kier molecular flexibility index (Phi) is 6.69. The summed E-state index contributed by atoms with van der Waals surface area (Å²) in [5, 5.41) is 2.68. The molecule has 0 saturated carbocycles. The van der Waals surface area contributed by atoms with Crippen LogP contribution in [0.5, 0.6) is 0 Å². The lowest BCUT2D eigenvalue weighted by atomic mass is 10.2. The zero-order valence-corrected chi connectivity index (χ0v) is 13.7. The van der Waals surface area contributed by atoms with Crippen LogP contribution in [0.25, 0.3) is 0 Å². The number of nitrogens with one attached hydrogen (secondary N) is 1. The van der Waals surface area contributed by atoms with Gasteiger partial charge in [-0.2, -0.15) is 0 Å². The number of hydrogen-bond acceptors (Lipinski definition) is 3. The van der Waals surface area contributed by atoms with E-state index in [-0.39, 0.29) is 24.2 Å². The lowest BCUT2D eigenvalue weighted by Crippen LogP contribution is -2.50. The van der Waals surface area contributed by atoms with Crippen molar-refractivity contribution in [2.75, 3.05) is 38.0 Å². The van der Waals surface area contributed by atoms with E-state index in [1.807, 2.05) is 24.0 Å². The summed E-state index contributed by atoms with van der Waals surface area (Å²) in [5.74, 6) is -0.587. The van der Waals surface area contributed by atoms with Crippen LogP contribution in [0.4, 0.5) is 10.1 Å². The van der Waals surface area contributed by atoms with Gasteiger partial charge in [-0.3, -0.25) is 14.5 Å². The zero-order valence-electron chi connectivity index (χ0n) is 13.7. The molecular formula is C18H22FN3O2. The fraction of sp³-hybridized carbons (Fsp3) is 0.333. The number of piperazine rings is 1. The molecule has 0 atom stereocenters. The highest BCUT2D eigenvalue weighted by molar-refractivity contribution is 5.92. The molecule has 5 nitrogen and oxygen atoms in total. The minimum absolute atomic E-state index is 0.0167. The molecule has 0 aliphatic carbocycles. The van der Waals surface area contributed by atoms with Gasteiger partial charge in [0.05, 0.1) is 6.54 Å². The summed E-state index contributed by atoms with van der Waals surface area (Å²) < 4.78 is 13.1. The van der Waals surface area contributed by atoms with Crippen molar-refractivity contribution < 1.29 is 14.0 Å². The van der Waals surface area contributed by atoms with Gasteiger partial charge in [0.15, 0.2) is 0 Å². The van der Waals surface area contributed by atoms with E-state index in [2.05, 4.69) is 5.32 Å². The molecule has 1 fully saturated rings. The van der Waals surface area contributed by atoms with Crippen LogP contribution in [0.2, 0.25) is 0 Å². The molecule has 24 heavy (non-hydrogen) atoms. The van der Waals surface area contributed by atoms with Gasteiger partial charge < -0.3 is 10.2 Å². The van der Waals surface area contributed by atoms with Crippen LogP contribution < -0.4 is 5.32 Å². The smallest absolute Gasteiger partial charge is 0.246 e. The monoisotopic (exact) mass is 331 g/mol. The average molecular weight is 331 g/mol. The maximum Gasteiger partial charge on any atom is 0.246 e. The summed E-state index contributed by atoms with van der Waals surface area (Å²) in [5.41, 5.74) is 0.447. The van der Waals surface area contributed by atoms with Gasteiger partial charge in [-0.15, -0.1) is 0 Å². The summed E-state index contributed by atoms with van der Waals surface area (Å²) in [6.45, 7) is 4.58. The fourth-order valence-corrected chi connectivity index (χ4v) is 2.45. The fourth-order valence-electron chi connectivity index (χ4n) is 2.45. The van der Waals surface area contributed by atoms with Crippen LogP contribution in [0.1, 0.15) is 6.92 Å². The van der Waals surface area contributed by atoms with E-state index in [9.17, 15) is 14.0 Å². The molecule has 0 bridgehead atoms. The molecule has 128 valence electrons. The van der Waals surface area contributed by atoms with E-state index >= 15 is 0 Å². The molecule has 0 aromatic heterocycles. The number of carbonyl (C=O) groups is 2. The molecule has 0 unspecified atom stereocenters. The summed E-state index contributed by atoms with van der Waals surface area (Å²) >= 11 is 0. The molecule has 0 spiro atoms. The van der Waals surface area contributed by atoms with Crippen molar-refractivity contribution in [2.24, 2.45) is 0 Å². The Morgan fingerprint density at radius 1 is 1.21 bits per heavy atom. The molecule has 2 rings (SSSR count). The molecule has 6 heteroatoms. The largest absolute Gasteiger partial charge is 0.337 e. The van der Waals surface area contributed by atoms with Crippen molar-refractivity contribution in [2.45, 2.75) is 6.92 Å². The van der Waals surface area contributed by atoms with E-state index in [1.54, 1.807) is 29.2 Å². The normalized spacial score (nSPS) is 16.0. The van der Waals surface area contributed by atoms with E-state index < -0.39 is 0 Å². The third-order valence-electron chi connectivity index (χ3n) is 3.70. The van der Waals surface area contributed by atoms with Gasteiger partial charge in [0.2, 0.25) is 11.8 Å². The predicted octanol–water partition coefficient (Wildman–Crippen LogP) is 2.04. The topological polar surface area (TPSA) is 52.7 Å². The van der Waals surface area contributed by atoms with Gasteiger partial charge in [-0.25, -0.2) is 4.39 Å². The Morgan fingerprint density at radius 2 is 1.96 bits per heavy atom. The number of amides is 2. The molecule has 2 amide bonds. The standard InChI is InChI=1S/C18H22FN3O2/c1-2-3-4-8-18(24)22-11-9-21(10-12-22)14-17(23)20-16-7-5-6-15(19)13-16/h2-8,13H,9-12,14H2,1H3,(H,20,23)/b3-2+,8-4+. The molecule has 0 radical (unpaired) electrons. The summed E-state index contributed by atoms with van der Waals surface area (Å²) in [6.07, 6.45) is 6.94. The summed E-state index contributed by atoms with van der Waals surface area (Å²) in [6, 6.07) is 5.81. The van der Waals surface area contributed by atoms with Crippen molar-refractivity contribution >= 4 is 17.5 Å². The number of anilines is 1. The quantitative estimate of drug-likeness (QED) is 0.664. The van der Waals surface area contributed by atoms with Crippen LogP contribution in [0.3, 0.4) is 0 Å². The molecule has 1 saturated heterocycles. The van der Waals surface area contributed by atoms with E-state index in [0.29, 0.717) is 31.9 Å². The highest BCUT2D eigenvalue weighted by Gasteiger charge is 2.21. The van der Waals surface area contributed by atoms with Gasteiger partial charge in [0.1, 0.15) is 5.82 Å². The first kappa shape index (κ1) is 17.9. The van der Waals surface area contributed by atoms with Crippen LogP contribution in [0, 0.1) is 5.82 Å². The number of allylic oxidation sites excluding steroid dienone is 3. The highest BCUT2D eigenvalue weighted by atomic mass is 19.1. The van der Waals surface area contributed by atoms with Crippen molar-refractivity contribution in [1.29, 1.82) is 0 Å². The van der Waals surface area contributed by atoms with Gasteiger partial charge >= 0.3 is 0 Å². The molecule has 1 N–H and O–H groups in total. The number of benzene rings is 1. The second-order valence-corrected chi connectivity index (χ2v) is 5.54. The second kappa shape index (κ2) is 8.98. The van der Waals surface area contributed by atoms with E-state index in [4.69, 9.17) is 0 Å². The Hall–Kier alpha value is -2.47. The van der Waals surface area contributed by atoms with Gasteiger partial charge in [0.25, 0.3) is 0 Å². The first-order chi connectivity index (χ1) is 11.6. The van der Waals surface area contributed by atoms with E-state index in [1.165, 1.54) is 12.1 Å². The van der Waals surface area contributed by atoms with Crippen LogP contribution in [0.15, 0.2) is 48.6 Å². The maximum atomic E-state index is 13.1. The first-order valence-corrected chi connectivity index (χ1v) is 7.94. The Balaban J connectivity index is 1.76. The summed E-state index contributed by atoms with van der Waals surface area (Å²) in [7, 11) is 0. The number of halogens is 1. The lowest BCUT2D eigenvalue weighted by Gasteiger charge is -2.33. The number of carbonyl (C=O) groups excluding carboxylic acids is 2. The number of hydrogen-bond donors (Lipinski definition) is 1. The third kappa shape index (κ3) is 5.62. The Morgan fingerprint density at radius 3 is 2.62 bits per heavy atom. The molecule has 1 aromatic rings. The Labute approximate surface area is 141 Å². The molecule has 1 aliphatic rings. The van der Waals surface area contributed by atoms with Gasteiger partial charge in [-0.1, -0.05) is 24.3 Å². The highest BCUT2D eigenvalue weighted by Crippen LogP contribution is 2.09. The third-order valence-corrected chi connectivity index (χ3v) is 3.70. The number of rotatable bonds is 5. The lowest BCUT2D eigenvalue weighted by molar-refractivity contribution is -0.128. The number of nitrogens with zero attached hydrogens (tertiary/aromatic N) is 2. The SMILES string of the molecule is C/C=C/C=C/C(=O)N1CCN(CC(=O)Nc2cccc(F)c2)CC1. The minimum atomic E-state index is -0.383. The van der Waals surface area contributed by atoms with Crippen LogP contribution >= 0.6 is 0 Å². The van der Waals surface area contributed by atoms with Crippen molar-refractivity contribution in [3.8, 4) is 0 Å². The van der Waals surface area contributed by atoms with Gasteiger partial charge in [-0.05, 0) is 25.1 Å². The summed E-state index contributed by atoms with van der Waals surface area (Å²) in [4.78, 5) is 27.7. The Bertz CT molecular complexity index is 635. The van der Waals surface area contributed by atoms with E-state index in [0.717, 1.165) is 0 Å². The molecule has 1 aliphatic heterocycles. The van der Waals surface area contributed by atoms with Crippen molar-refractivity contribution in [1.82, 2.24) is 9.80 Å². The predicted molar refractivity (Wildman–Crippen MR) is 92.0 cm³/mol. The maximum absolute atomic E-state index is 13.1.